The van der Waals surface area contributed by atoms with Gasteiger partial charge in [-0.15, -0.1) is 0 Å². The first-order valence-electron chi connectivity index (χ1n) is 5.79. The molecule has 0 radical (unpaired) electrons. The van der Waals surface area contributed by atoms with Gasteiger partial charge in [0.2, 0.25) is 0 Å². The molecule has 15 heavy (non-hydrogen) atoms. The van der Waals surface area contributed by atoms with Gasteiger partial charge in [0.1, 0.15) is 6.04 Å². The zero-order valence-electron chi connectivity index (χ0n) is 9.28. The second-order valence-electron chi connectivity index (χ2n) is 4.32. The van der Waals surface area contributed by atoms with Crippen LogP contribution in [0.15, 0.2) is 0 Å². The van der Waals surface area contributed by atoms with E-state index in [0.29, 0.717) is 13.0 Å². The summed E-state index contributed by atoms with van der Waals surface area (Å²) in [7, 11) is 0. The summed E-state index contributed by atoms with van der Waals surface area (Å²) in [5.41, 5.74) is 0. The predicted octanol–water partition coefficient (Wildman–Crippen LogP) is 0.990. The summed E-state index contributed by atoms with van der Waals surface area (Å²) >= 11 is 0. The van der Waals surface area contributed by atoms with Crippen LogP contribution in [0.2, 0.25) is 0 Å². The molecular formula is C11H21NO3. The molecule has 3 unspecified atom stereocenters. The molecule has 0 aromatic carbocycles. The number of aliphatic hydroxyl groups excluding tert-OH is 1. The van der Waals surface area contributed by atoms with Crippen LogP contribution >= 0.6 is 0 Å². The van der Waals surface area contributed by atoms with Gasteiger partial charge in [0.15, 0.2) is 0 Å². The molecule has 0 aromatic rings. The maximum atomic E-state index is 10.8. The van der Waals surface area contributed by atoms with E-state index in [9.17, 15) is 9.90 Å². The van der Waals surface area contributed by atoms with Crippen LogP contribution in [0.25, 0.3) is 0 Å². The lowest BCUT2D eigenvalue weighted by molar-refractivity contribution is -0.139. The van der Waals surface area contributed by atoms with Crippen molar-refractivity contribution < 1.29 is 15.0 Å². The highest BCUT2D eigenvalue weighted by molar-refractivity contribution is 5.73. The average molecular weight is 215 g/mol. The highest BCUT2D eigenvalue weighted by atomic mass is 16.4. The van der Waals surface area contributed by atoms with Crippen LogP contribution in [0.5, 0.6) is 0 Å². The van der Waals surface area contributed by atoms with Crippen molar-refractivity contribution in [2.75, 3.05) is 6.54 Å². The number of hydrogen-bond donors (Lipinski definition) is 3. The lowest BCUT2D eigenvalue weighted by Gasteiger charge is -2.28. The number of hydrogen-bond acceptors (Lipinski definition) is 3. The summed E-state index contributed by atoms with van der Waals surface area (Å²) in [6.45, 7) is 2.47. The molecule has 3 atom stereocenters. The summed E-state index contributed by atoms with van der Waals surface area (Å²) in [5, 5.41) is 21.6. The molecule has 0 spiro atoms. The van der Waals surface area contributed by atoms with Gasteiger partial charge in [-0.1, -0.05) is 19.8 Å². The van der Waals surface area contributed by atoms with Crippen molar-refractivity contribution in [1.29, 1.82) is 0 Å². The first-order chi connectivity index (χ1) is 7.15. The minimum atomic E-state index is -0.803. The summed E-state index contributed by atoms with van der Waals surface area (Å²) in [5.74, 6) is -0.574. The number of nitrogens with one attached hydrogen (secondary N) is 1. The molecule has 1 saturated carbocycles. The summed E-state index contributed by atoms with van der Waals surface area (Å²) < 4.78 is 0. The fourth-order valence-electron chi connectivity index (χ4n) is 2.13. The fourth-order valence-corrected chi connectivity index (χ4v) is 2.13. The quantitative estimate of drug-likeness (QED) is 0.639. The second-order valence-corrected chi connectivity index (χ2v) is 4.32. The van der Waals surface area contributed by atoms with Crippen molar-refractivity contribution in [1.82, 2.24) is 5.32 Å². The lowest BCUT2D eigenvalue weighted by atomic mass is 9.86. The summed E-state index contributed by atoms with van der Waals surface area (Å²) in [6.07, 6.45) is 4.43. The van der Waals surface area contributed by atoms with Crippen molar-refractivity contribution in [2.45, 2.75) is 51.2 Å². The van der Waals surface area contributed by atoms with Gasteiger partial charge >= 0.3 is 5.97 Å². The Hall–Kier alpha value is -0.610. The third kappa shape index (κ3) is 3.80. The largest absolute Gasteiger partial charge is 0.480 e. The molecule has 3 N–H and O–H groups in total. The van der Waals surface area contributed by atoms with Gasteiger partial charge in [0, 0.05) is 6.54 Å². The van der Waals surface area contributed by atoms with E-state index >= 15 is 0 Å². The Morgan fingerprint density at radius 1 is 1.47 bits per heavy atom. The molecular weight excluding hydrogens is 194 g/mol. The highest BCUT2D eigenvalue weighted by Gasteiger charge is 2.24. The second kappa shape index (κ2) is 6.08. The standard InChI is InChI=1S/C11H21NO3/c1-2-9(11(14)15)12-7-8-5-3-4-6-10(8)13/h8-10,12-13H,2-7H2,1H3,(H,14,15). The van der Waals surface area contributed by atoms with Crippen molar-refractivity contribution >= 4 is 5.97 Å². The number of carboxylic acids is 1. The van der Waals surface area contributed by atoms with E-state index in [4.69, 9.17) is 5.11 Å². The molecule has 4 heteroatoms. The van der Waals surface area contributed by atoms with Crippen molar-refractivity contribution in [2.24, 2.45) is 5.92 Å². The summed E-state index contributed by atoms with van der Waals surface area (Å²) in [4.78, 5) is 10.8. The molecule has 88 valence electrons. The molecule has 0 aliphatic heterocycles. The smallest absolute Gasteiger partial charge is 0.320 e. The minimum Gasteiger partial charge on any atom is -0.480 e. The van der Waals surface area contributed by atoms with E-state index in [0.717, 1.165) is 25.7 Å². The van der Waals surface area contributed by atoms with Crippen LogP contribution in [-0.2, 0) is 4.79 Å². The zero-order valence-corrected chi connectivity index (χ0v) is 9.28. The highest BCUT2D eigenvalue weighted by Crippen LogP contribution is 2.23. The minimum absolute atomic E-state index is 0.229. The molecule has 0 aromatic heterocycles. The summed E-state index contributed by atoms with van der Waals surface area (Å²) in [6, 6.07) is -0.473. The Labute approximate surface area is 90.7 Å². The van der Waals surface area contributed by atoms with Gasteiger partial charge in [-0.05, 0) is 25.2 Å². The topological polar surface area (TPSA) is 69.6 Å². The molecule has 1 aliphatic rings. The van der Waals surface area contributed by atoms with Crippen LogP contribution < -0.4 is 5.32 Å². The van der Waals surface area contributed by atoms with Crippen molar-refractivity contribution in [3.05, 3.63) is 0 Å². The normalized spacial score (nSPS) is 28.7. The van der Waals surface area contributed by atoms with Gasteiger partial charge < -0.3 is 15.5 Å². The van der Waals surface area contributed by atoms with E-state index in [1.54, 1.807) is 0 Å². The lowest BCUT2D eigenvalue weighted by Crippen LogP contribution is -2.42. The van der Waals surface area contributed by atoms with Crippen molar-refractivity contribution in [3.63, 3.8) is 0 Å². The van der Waals surface area contributed by atoms with E-state index in [1.807, 2.05) is 6.92 Å². The molecule has 0 heterocycles. The molecule has 1 aliphatic carbocycles. The average Bonchev–Trinajstić information content (AvgIpc) is 2.21. The van der Waals surface area contributed by atoms with E-state index in [1.165, 1.54) is 0 Å². The first-order valence-corrected chi connectivity index (χ1v) is 5.79. The maximum absolute atomic E-state index is 10.8. The molecule has 1 rings (SSSR count). The van der Waals surface area contributed by atoms with Crippen LogP contribution in [-0.4, -0.2) is 34.9 Å². The van der Waals surface area contributed by atoms with Gasteiger partial charge in [0.05, 0.1) is 6.10 Å². The molecule has 1 fully saturated rings. The number of aliphatic carboxylic acids is 1. The number of rotatable bonds is 5. The third-order valence-electron chi connectivity index (χ3n) is 3.20. The monoisotopic (exact) mass is 215 g/mol. The maximum Gasteiger partial charge on any atom is 0.320 e. The van der Waals surface area contributed by atoms with Crippen LogP contribution in [0, 0.1) is 5.92 Å². The predicted molar refractivity (Wildman–Crippen MR) is 57.7 cm³/mol. The first kappa shape index (κ1) is 12.5. The van der Waals surface area contributed by atoms with Gasteiger partial charge in [-0.3, -0.25) is 4.79 Å². The molecule has 4 nitrogen and oxygen atoms in total. The Morgan fingerprint density at radius 3 is 2.67 bits per heavy atom. The van der Waals surface area contributed by atoms with Gasteiger partial charge in [0.25, 0.3) is 0 Å². The Kier molecular flexibility index (Phi) is 5.05. The number of aliphatic hydroxyl groups is 1. The molecule has 0 amide bonds. The van der Waals surface area contributed by atoms with E-state index in [-0.39, 0.29) is 12.0 Å². The molecule has 0 bridgehead atoms. The van der Waals surface area contributed by atoms with Gasteiger partial charge in [-0.25, -0.2) is 0 Å². The van der Waals surface area contributed by atoms with E-state index < -0.39 is 12.0 Å². The Morgan fingerprint density at radius 2 is 2.13 bits per heavy atom. The van der Waals surface area contributed by atoms with Gasteiger partial charge in [-0.2, -0.15) is 0 Å². The number of carboxylic acid groups (broad SMARTS) is 1. The van der Waals surface area contributed by atoms with Crippen molar-refractivity contribution in [3.8, 4) is 0 Å². The third-order valence-corrected chi connectivity index (χ3v) is 3.20. The fraction of sp³-hybridized carbons (Fsp3) is 0.909. The molecule has 0 saturated heterocycles. The Balaban J connectivity index is 2.31. The van der Waals surface area contributed by atoms with Crippen LogP contribution in [0.4, 0.5) is 0 Å². The van der Waals surface area contributed by atoms with Crippen LogP contribution in [0.3, 0.4) is 0 Å². The SMILES string of the molecule is CCC(NCC1CCCCC1O)C(=O)O. The van der Waals surface area contributed by atoms with Crippen LogP contribution in [0.1, 0.15) is 39.0 Å². The Bertz CT molecular complexity index is 208. The number of carbonyl (C=O) groups is 1. The zero-order chi connectivity index (χ0) is 11.3. The van der Waals surface area contributed by atoms with E-state index in [2.05, 4.69) is 5.32 Å².